The zero-order chi connectivity index (χ0) is 19.7. The van der Waals surface area contributed by atoms with Gasteiger partial charge in [0.05, 0.1) is 18.2 Å². The molecule has 2 amide bonds. The average molecular weight is 380 g/mol. The van der Waals surface area contributed by atoms with Crippen molar-refractivity contribution in [2.45, 2.75) is 38.3 Å². The number of carbonyl (C=O) groups excluding carboxylic acids is 2. The quantitative estimate of drug-likeness (QED) is 0.877. The van der Waals surface area contributed by atoms with Crippen LogP contribution in [-0.2, 0) is 4.79 Å². The molecule has 0 bridgehead atoms. The van der Waals surface area contributed by atoms with Crippen molar-refractivity contribution in [3.8, 4) is 6.07 Å². The molecule has 0 aliphatic carbocycles. The molecule has 2 aliphatic heterocycles. The first-order valence-corrected chi connectivity index (χ1v) is 9.75. The van der Waals surface area contributed by atoms with E-state index in [1.54, 1.807) is 4.90 Å². The molecule has 1 N–H and O–H groups in total. The van der Waals surface area contributed by atoms with Crippen LogP contribution in [-0.4, -0.2) is 59.9 Å². The molecular weight excluding hydrogens is 356 g/mol. The van der Waals surface area contributed by atoms with Gasteiger partial charge in [-0.05, 0) is 37.8 Å². The maximum atomic E-state index is 12.7. The van der Waals surface area contributed by atoms with E-state index in [9.17, 15) is 9.59 Å². The molecule has 0 radical (unpaired) electrons. The van der Waals surface area contributed by atoms with Gasteiger partial charge in [-0.25, -0.2) is 0 Å². The Morgan fingerprint density at radius 1 is 1.32 bits per heavy atom. The lowest BCUT2D eigenvalue weighted by molar-refractivity contribution is -0.132. The molecule has 2 fully saturated rings. The van der Waals surface area contributed by atoms with Gasteiger partial charge in [0.15, 0.2) is 0 Å². The Labute approximate surface area is 163 Å². The number of aryl methyl sites for hydroxylation is 1. The van der Waals surface area contributed by atoms with Gasteiger partial charge in [-0.2, -0.15) is 5.26 Å². The van der Waals surface area contributed by atoms with Crippen LogP contribution in [0.15, 0.2) is 28.9 Å². The molecule has 7 nitrogen and oxygen atoms in total. The summed E-state index contributed by atoms with van der Waals surface area (Å²) < 4.78 is 5.52. The molecule has 1 unspecified atom stereocenters. The molecular formula is C21H24N4O3. The van der Waals surface area contributed by atoms with Crippen LogP contribution in [0.5, 0.6) is 0 Å². The molecule has 0 saturated carbocycles. The summed E-state index contributed by atoms with van der Waals surface area (Å²) in [6.45, 7) is 4.35. The van der Waals surface area contributed by atoms with Crippen molar-refractivity contribution >= 4 is 22.8 Å². The molecule has 4 rings (SSSR count). The summed E-state index contributed by atoms with van der Waals surface area (Å²) in [6.07, 6.45) is 3.96. The number of nitrogens with one attached hydrogen (secondary N) is 1. The first-order chi connectivity index (χ1) is 13.5. The highest BCUT2D eigenvalue weighted by atomic mass is 16.3. The molecule has 2 atom stereocenters. The largest absolute Gasteiger partial charge is 0.463 e. The van der Waals surface area contributed by atoms with Gasteiger partial charge >= 0.3 is 0 Å². The van der Waals surface area contributed by atoms with E-state index in [4.69, 9.17) is 9.68 Å². The van der Waals surface area contributed by atoms with Gasteiger partial charge in [0.1, 0.15) is 17.9 Å². The smallest absolute Gasteiger partial charge is 0.255 e. The summed E-state index contributed by atoms with van der Waals surface area (Å²) in [5.41, 5.74) is 2.33. The van der Waals surface area contributed by atoms with Gasteiger partial charge in [-0.15, -0.1) is 0 Å². The van der Waals surface area contributed by atoms with E-state index in [2.05, 4.69) is 16.3 Å². The number of likely N-dealkylation sites (tertiary alicyclic amines) is 2. The summed E-state index contributed by atoms with van der Waals surface area (Å²) in [5.74, 6) is -0.142. The SMILES string of the molecule is Cc1ccc2c(C(=O)N[C@H]3CCN(CC(=O)N4CCCC4C#N)C3)coc2c1. The lowest BCUT2D eigenvalue weighted by Crippen LogP contribution is -2.43. The van der Waals surface area contributed by atoms with Crippen LogP contribution in [0.4, 0.5) is 0 Å². The summed E-state index contributed by atoms with van der Waals surface area (Å²) in [4.78, 5) is 28.9. The maximum Gasteiger partial charge on any atom is 0.255 e. The second-order valence-corrected chi connectivity index (χ2v) is 7.72. The Kier molecular flexibility index (Phi) is 5.05. The summed E-state index contributed by atoms with van der Waals surface area (Å²) >= 11 is 0. The predicted molar refractivity (Wildman–Crippen MR) is 104 cm³/mol. The maximum absolute atomic E-state index is 12.7. The minimum Gasteiger partial charge on any atom is -0.463 e. The van der Waals surface area contributed by atoms with Crippen LogP contribution in [0.2, 0.25) is 0 Å². The molecule has 7 heteroatoms. The Bertz CT molecular complexity index is 945. The number of furan rings is 1. The Hall–Kier alpha value is -2.85. The minimum absolute atomic E-state index is 0.000963. The molecule has 0 spiro atoms. The highest BCUT2D eigenvalue weighted by molar-refractivity contribution is 6.06. The summed E-state index contributed by atoms with van der Waals surface area (Å²) in [6, 6.07) is 7.71. The fourth-order valence-electron chi connectivity index (χ4n) is 4.15. The van der Waals surface area contributed by atoms with E-state index in [1.165, 1.54) is 6.26 Å². The fourth-order valence-corrected chi connectivity index (χ4v) is 4.15. The van der Waals surface area contributed by atoms with Crippen molar-refractivity contribution < 1.29 is 14.0 Å². The highest BCUT2D eigenvalue weighted by Crippen LogP contribution is 2.23. The Morgan fingerprint density at radius 2 is 2.18 bits per heavy atom. The minimum atomic E-state index is -0.288. The van der Waals surface area contributed by atoms with E-state index in [1.807, 2.05) is 25.1 Å². The number of amides is 2. The zero-order valence-corrected chi connectivity index (χ0v) is 16.0. The summed E-state index contributed by atoms with van der Waals surface area (Å²) in [5, 5.41) is 13.0. The number of carbonyl (C=O) groups is 2. The fraction of sp³-hybridized carbons (Fsp3) is 0.476. The number of benzene rings is 1. The second-order valence-electron chi connectivity index (χ2n) is 7.72. The molecule has 3 heterocycles. The topological polar surface area (TPSA) is 89.6 Å². The average Bonchev–Trinajstić information content (AvgIpc) is 3.40. The van der Waals surface area contributed by atoms with E-state index in [-0.39, 0.29) is 23.9 Å². The van der Waals surface area contributed by atoms with Crippen molar-refractivity contribution in [1.82, 2.24) is 15.1 Å². The summed E-state index contributed by atoms with van der Waals surface area (Å²) in [7, 11) is 0. The third-order valence-electron chi connectivity index (χ3n) is 5.66. The van der Waals surface area contributed by atoms with E-state index >= 15 is 0 Å². The Balaban J connectivity index is 1.33. The number of nitriles is 1. The molecule has 2 aliphatic rings. The van der Waals surface area contributed by atoms with Crippen molar-refractivity contribution in [3.63, 3.8) is 0 Å². The molecule has 1 aromatic heterocycles. The van der Waals surface area contributed by atoms with Gasteiger partial charge in [0.25, 0.3) is 5.91 Å². The third kappa shape index (κ3) is 3.60. The Morgan fingerprint density at radius 3 is 3.00 bits per heavy atom. The van der Waals surface area contributed by atoms with Crippen LogP contribution in [0.3, 0.4) is 0 Å². The normalized spacial score (nSPS) is 22.5. The van der Waals surface area contributed by atoms with Crippen LogP contribution >= 0.6 is 0 Å². The number of hydrogen-bond acceptors (Lipinski definition) is 5. The van der Waals surface area contributed by atoms with Gasteiger partial charge < -0.3 is 14.6 Å². The standard InChI is InChI=1S/C21H24N4O3/c1-14-4-5-17-18(13-28-19(17)9-14)21(27)23-15-6-8-24(11-15)12-20(26)25-7-2-3-16(25)10-22/h4-5,9,13,15-16H,2-3,6-8,11-12H2,1H3,(H,23,27)/t15-,16?/m0/s1. The van der Waals surface area contributed by atoms with Crippen molar-refractivity contribution in [1.29, 1.82) is 5.26 Å². The zero-order valence-electron chi connectivity index (χ0n) is 16.0. The van der Waals surface area contributed by atoms with Crippen molar-refractivity contribution in [2.24, 2.45) is 0 Å². The first kappa shape index (κ1) is 18.5. The van der Waals surface area contributed by atoms with Gasteiger partial charge in [-0.3, -0.25) is 14.5 Å². The highest BCUT2D eigenvalue weighted by Gasteiger charge is 2.32. The van der Waals surface area contributed by atoms with Gasteiger partial charge in [-0.1, -0.05) is 12.1 Å². The monoisotopic (exact) mass is 380 g/mol. The van der Waals surface area contributed by atoms with Crippen LogP contribution in [0.25, 0.3) is 11.0 Å². The third-order valence-corrected chi connectivity index (χ3v) is 5.66. The number of rotatable bonds is 4. The van der Waals surface area contributed by atoms with E-state index < -0.39 is 0 Å². The lowest BCUT2D eigenvalue weighted by atomic mass is 10.1. The van der Waals surface area contributed by atoms with Crippen molar-refractivity contribution in [3.05, 3.63) is 35.6 Å². The van der Waals surface area contributed by atoms with Crippen LogP contribution < -0.4 is 5.32 Å². The van der Waals surface area contributed by atoms with Gasteiger partial charge in [0.2, 0.25) is 5.91 Å². The molecule has 2 saturated heterocycles. The van der Waals surface area contributed by atoms with Crippen LogP contribution in [0, 0.1) is 18.3 Å². The number of fused-ring (bicyclic) bond motifs is 1. The molecule has 28 heavy (non-hydrogen) atoms. The first-order valence-electron chi connectivity index (χ1n) is 9.75. The molecule has 146 valence electrons. The van der Waals surface area contributed by atoms with Crippen LogP contribution in [0.1, 0.15) is 35.2 Å². The number of hydrogen-bond donors (Lipinski definition) is 1. The lowest BCUT2D eigenvalue weighted by Gasteiger charge is -2.23. The van der Waals surface area contributed by atoms with Crippen molar-refractivity contribution in [2.75, 3.05) is 26.2 Å². The van der Waals surface area contributed by atoms with E-state index in [0.29, 0.717) is 30.8 Å². The number of nitrogens with zero attached hydrogens (tertiary/aromatic N) is 3. The van der Waals surface area contributed by atoms with Gasteiger partial charge in [0, 0.05) is 31.1 Å². The predicted octanol–water partition coefficient (Wildman–Crippen LogP) is 2.06. The van der Waals surface area contributed by atoms with E-state index in [0.717, 1.165) is 36.8 Å². The molecule has 2 aromatic rings. The molecule has 1 aromatic carbocycles. The second kappa shape index (κ2) is 7.64.